The van der Waals surface area contributed by atoms with E-state index in [1.54, 1.807) is 14.0 Å². The molecule has 0 bridgehead atoms. The van der Waals surface area contributed by atoms with Crippen LogP contribution in [0, 0.1) is 0 Å². The normalized spacial score (nSPS) is 8.38. The number of carbonyl (C=O) groups excluding carboxylic acids is 1. The lowest BCUT2D eigenvalue weighted by Crippen LogP contribution is -2.17. The maximum atomic E-state index is 10.2. The van der Waals surface area contributed by atoms with E-state index >= 15 is 0 Å². The van der Waals surface area contributed by atoms with E-state index in [9.17, 15) is 4.79 Å². The number of rotatable bonds is 1. The van der Waals surface area contributed by atoms with Gasteiger partial charge >= 0.3 is 5.37 Å². The molecule has 8 heavy (non-hydrogen) atoms. The summed E-state index contributed by atoms with van der Waals surface area (Å²) in [6.45, 7) is 5.21. The van der Waals surface area contributed by atoms with Crippen LogP contribution in [0.25, 0.3) is 0 Å². The van der Waals surface area contributed by atoms with Gasteiger partial charge in [0, 0.05) is 12.7 Å². The molecule has 2 nitrogen and oxygen atoms in total. The van der Waals surface area contributed by atoms with Crippen LogP contribution in [-0.4, -0.2) is 17.3 Å². The van der Waals surface area contributed by atoms with Gasteiger partial charge in [0.15, 0.2) is 0 Å². The standard InChI is InChI=1S/C5H8ClNO/c1-4(2)7(3)5(6)8/h1H2,2-3H3. The zero-order chi connectivity index (χ0) is 6.73. The van der Waals surface area contributed by atoms with Crippen molar-refractivity contribution < 1.29 is 4.79 Å². The van der Waals surface area contributed by atoms with Crippen LogP contribution in [0.2, 0.25) is 0 Å². The van der Waals surface area contributed by atoms with E-state index < -0.39 is 5.37 Å². The number of hydrogen-bond acceptors (Lipinski definition) is 1. The second kappa shape index (κ2) is 2.72. The Morgan fingerprint density at radius 2 is 2.12 bits per heavy atom. The maximum Gasteiger partial charge on any atom is 0.320 e. The number of nitrogens with zero attached hydrogens (tertiary/aromatic N) is 1. The Hall–Kier alpha value is -0.500. The summed E-state index contributed by atoms with van der Waals surface area (Å²) in [4.78, 5) is 11.5. The van der Waals surface area contributed by atoms with Gasteiger partial charge in [-0.15, -0.1) is 0 Å². The molecule has 0 saturated carbocycles. The van der Waals surface area contributed by atoms with E-state index in [4.69, 9.17) is 11.6 Å². The van der Waals surface area contributed by atoms with Gasteiger partial charge in [-0.05, 0) is 18.5 Å². The third kappa shape index (κ3) is 1.98. The summed E-state index contributed by atoms with van der Waals surface area (Å²) >= 11 is 5.05. The topological polar surface area (TPSA) is 20.3 Å². The molecule has 0 radical (unpaired) electrons. The second-order valence-corrected chi connectivity index (χ2v) is 1.87. The third-order valence-electron chi connectivity index (χ3n) is 0.836. The van der Waals surface area contributed by atoms with Crippen LogP contribution in [-0.2, 0) is 0 Å². The lowest BCUT2D eigenvalue weighted by Gasteiger charge is -2.10. The Bertz CT molecular complexity index is 108. The van der Waals surface area contributed by atoms with Gasteiger partial charge < -0.3 is 4.90 Å². The summed E-state index contributed by atoms with van der Waals surface area (Å²) in [6, 6.07) is 0. The summed E-state index contributed by atoms with van der Waals surface area (Å²) < 4.78 is 0. The van der Waals surface area contributed by atoms with Crippen molar-refractivity contribution in [1.82, 2.24) is 4.90 Å². The Kier molecular flexibility index (Phi) is 2.55. The van der Waals surface area contributed by atoms with Crippen molar-refractivity contribution in [3.8, 4) is 0 Å². The van der Waals surface area contributed by atoms with E-state index in [1.165, 1.54) is 4.90 Å². The minimum absolute atomic E-state index is 0.502. The van der Waals surface area contributed by atoms with Crippen molar-refractivity contribution in [2.75, 3.05) is 7.05 Å². The molecule has 0 heterocycles. The van der Waals surface area contributed by atoms with Gasteiger partial charge in [-0.3, -0.25) is 4.79 Å². The first-order valence-electron chi connectivity index (χ1n) is 2.14. The summed E-state index contributed by atoms with van der Waals surface area (Å²) in [6.07, 6.45) is 0. The van der Waals surface area contributed by atoms with Crippen LogP contribution in [0.1, 0.15) is 6.92 Å². The lowest BCUT2D eigenvalue weighted by molar-refractivity contribution is 0.241. The summed E-state index contributed by atoms with van der Waals surface area (Å²) in [5, 5.41) is -0.502. The summed E-state index contributed by atoms with van der Waals surface area (Å²) in [7, 11) is 1.57. The molecule has 0 N–H and O–H groups in total. The lowest BCUT2D eigenvalue weighted by atomic mass is 10.5. The number of carbonyl (C=O) groups is 1. The fourth-order valence-corrected chi connectivity index (χ4v) is 0.294. The SMILES string of the molecule is C=C(C)N(C)C(=O)Cl. The molecule has 0 aliphatic rings. The van der Waals surface area contributed by atoms with Crippen molar-refractivity contribution in [3.63, 3.8) is 0 Å². The first-order valence-corrected chi connectivity index (χ1v) is 2.52. The largest absolute Gasteiger partial charge is 0.320 e. The molecule has 0 aromatic carbocycles. The van der Waals surface area contributed by atoms with Gasteiger partial charge in [0.25, 0.3) is 0 Å². The molecular formula is C5H8ClNO. The van der Waals surface area contributed by atoms with Crippen molar-refractivity contribution in [3.05, 3.63) is 12.3 Å². The first-order chi connectivity index (χ1) is 3.55. The highest BCUT2D eigenvalue weighted by atomic mass is 35.5. The van der Waals surface area contributed by atoms with Crippen molar-refractivity contribution in [2.24, 2.45) is 0 Å². The van der Waals surface area contributed by atoms with E-state index in [0.29, 0.717) is 5.70 Å². The van der Waals surface area contributed by atoms with Crippen molar-refractivity contribution in [1.29, 1.82) is 0 Å². The minimum atomic E-state index is -0.502. The predicted octanol–water partition coefficient (Wildman–Crippen LogP) is 1.81. The zero-order valence-corrected chi connectivity index (χ0v) is 5.70. The average molecular weight is 134 g/mol. The van der Waals surface area contributed by atoms with Crippen LogP contribution in [0.3, 0.4) is 0 Å². The Morgan fingerprint density at radius 3 is 2.12 bits per heavy atom. The van der Waals surface area contributed by atoms with Gasteiger partial charge in [0.2, 0.25) is 0 Å². The average Bonchev–Trinajstić information content (AvgIpc) is 1.64. The van der Waals surface area contributed by atoms with Crippen LogP contribution >= 0.6 is 11.6 Å². The van der Waals surface area contributed by atoms with Crippen molar-refractivity contribution in [2.45, 2.75) is 6.92 Å². The minimum Gasteiger partial charge on any atom is -0.307 e. The highest BCUT2D eigenvalue weighted by Crippen LogP contribution is 1.99. The van der Waals surface area contributed by atoms with Crippen LogP contribution in [0.4, 0.5) is 4.79 Å². The molecule has 46 valence electrons. The van der Waals surface area contributed by atoms with Gasteiger partial charge in [-0.1, -0.05) is 6.58 Å². The van der Waals surface area contributed by atoms with E-state index in [1.807, 2.05) is 0 Å². The van der Waals surface area contributed by atoms with Gasteiger partial charge in [-0.25, -0.2) is 0 Å². The number of hydrogen-bond donors (Lipinski definition) is 0. The molecule has 0 fully saturated rings. The molecule has 0 atom stereocenters. The number of halogens is 1. The molecule has 0 rings (SSSR count). The van der Waals surface area contributed by atoms with Gasteiger partial charge in [0.1, 0.15) is 0 Å². The van der Waals surface area contributed by atoms with E-state index in [2.05, 4.69) is 6.58 Å². The molecule has 0 spiro atoms. The summed E-state index contributed by atoms with van der Waals surface area (Å²) in [5.41, 5.74) is 0.644. The molecule has 0 aliphatic heterocycles. The van der Waals surface area contributed by atoms with Crippen LogP contribution in [0.15, 0.2) is 12.3 Å². The Labute approximate surface area is 53.7 Å². The molecule has 0 unspecified atom stereocenters. The third-order valence-corrected chi connectivity index (χ3v) is 1.09. The van der Waals surface area contributed by atoms with E-state index in [0.717, 1.165) is 0 Å². The fourth-order valence-electron chi connectivity index (χ4n) is 0.150. The summed E-state index contributed by atoms with van der Waals surface area (Å²) in [5.74, 6) is 0. The monoisotopic (exact) mass is 133 g/mol. The number of amides is 1. The van der Waals surface area contributed by atoms with Crippen LogP contribution in [0.5, 0.6) is 0 Å². The molecule has 3 heteroatoms. The maximum absolute atomic E-state index is 10.2. The smallest absolute Gasteiger partial charge is 0.307 e. The zero-order valence-electron chi connectivity index (χ0n) is 4.94. The highest BCUT2D eigenvalue weighted by Gasteiger charge is 2.01. The quantitative estimate of drug-likeness (QED) is 0.395. The Morgan fingerprint density at radius 1 is 1.75 bits per heavy atom. The number of allylic oxidation sites excluding steroid dienone is 1. The molecule has 0 aliphatic carbocycles. The first kappa shape index (κ1) is 7.50. The Balaban J connectivity index is 3.83. The van der Waals surface area contributed by atoms with Gasteiger partial charge in [0.05, 0.1) is 0 Å². The molecule has 0 saturated heterocycles. The molecule has 0 aromatic heterocycles. The fraction of sp³-hybridized carbons (Fsp3) is 0.400. The van der Waals surface area contributed by atoms with E-state index in [-0.39, 0.29) is 0 Å². The highest BCUT2D eigenvalue weighted by molar-refractivity contribution is 6.62. The predicted molar refractivity (Wildman–Crippen MR) is 33.8 cm³/mol. The molecule has 0 aromatic rings. The van der Waals surface area contributed by atoms with Gasteiger partial charge in [-0.2, -0.15) is 0 Å². The van der Waals surface area contributed by atoms with Crippen molar-refractivity contribution >= 4 is 17.0 Å². The molecular weight excluding hydrogens is 126 g/mol. The molecule has 1 amide bonds. The second-order valence-electron chi connectivity index (χ2n) is 1.55. The van der Waals surface area contributed by atoms with Crippen LogP contribution < -0.4 is 0 Å².